The van der Waals surface area contributed by atoms with E-state index < -0.39 is 0 Å². The Hall–Kier alpha value is -2.34. The molecule has 1 aromatic carbocycles. The van der Waals surface area contributed by atoms with Gasteiger partial charge in [-0.15, -0.1) is 0 Å². The average molecular weight is 453 g/mol. The number of benzene rings is 1. The normalized spacial score (nSPS) is 19.4. The van der Waals surface area contributed by atoms with Crippen LogP contribution in [0.1, 0.15) is 53.8 Å². The number of nitrogens with zero attached hydrogens (tertiary/aromatic N) is 4. The van der Waals surface area contributed by atoms with E-state index in [1.165, 1.54) is 36.1 Å². The lowest BCUT2D eigenvalue weighted by molar-refractivity contribution is 0.0671. The minimum Gasteiger partial charge on any atom is -0.372 e. The van der Waals surface area contributed by atoms with E-state index in [4.69, 9.17) is 0 Å². The number of piperidine rings is 1. The third-order valence-corrected chi connectivity index (χ3v) is 6.76. The van der Waals surface area contributed by atoms with E-state index >= 15 is 0 Å². The van der Waals surface area contributed by atoms with Crippen LogP contribution in [0.4, 0.5) is 5.69 Å². The third-order valence-electron chi connectivity index (χ3n) is 6.29. The second-order valence-corrected chi connectivity index (χ2v) is 9.02. The number of carbonyl (C=O) groups excluding carboxylic acids is 1. The summed E-state index contributed by atoms with van der Waals surface area (Å²) in [5.74, 6) is 0.00588. The maximum absolute atomic E-state index is 13.3. The SMILES string of the molecule is CC1c2cc(N3CCCCC3)ccc2CCN1C(=O)c1cc2ccc(Br)cn2n1. The molecule has 2 aliphatic rings. The van der Waals surface area contributed by atoms with Crippen LogP contribution in [0, 0.1) is 0 Å². The summed E-state index contributed by atoms with van der Waals surface area (Å²) >= 11 is 3.46. The highest BCUT2D eigenvalue weighted by Gasteiger charge is 2.30. The average Bonchev–Trinajstić information content (AvgIpc) is 3.17. The van der Waals surface area contributed by atoms with Crippen LogP contribution in [-0.4, -0.2) is 40.1 Å². The Kier molecular flexibility index (Phi) is 4.82. The molecule has 3 aromatic rings. The summed E-state index contributed by atoms with van der Waals surface area (Å²) in [5.41, 5.74) is 5.36. The fourth-order valence-corrected chi connectivity index (χ4v) is 4.97. The fourth-order valence-electron chi connectivity index (χ4n) is 4.64. The van der Waals surface area contributed by atoms with Crippen LogP contribution in [0.5, 0.6) is 0 Å². The van der Waals surface area contributed by atoms with Crippen molar-refractivity contribution in [3.63, 3.8) is 0 Å². The minimum atomic E-state index is 0.00588. The summed E-state index contributed by atoms with van der Waals surface area (Å²) in [6.45, 7) is 5.13. The lowest BCUT2D eigenvalue weighted by Crippen LogP contribution is -2.39. The number of hydrogen-bond acceptors (Lipinski definition) is 3. The molecule has 1 atom stereocenters. The van der Waals surface area contributed by atoms with Crippen LogP contribution in [0.25, 0.3) is 5.52 Å². The molecule has 0 radical (unpaired) electrons. The van der Waals surface area contributed by atoms with Gasteiger partial charge < -0.3 is 9.80 Å². The van der Waals surface area contributed by atoms with Gasteiger partial charge in [0.25, 0.3) is 5.91 Å². The molecular weight excluding hydrogens is 428 g/mol. The van der Waals surface area contributed by atoms with Gasteiger partial charge in [0.05, 0.1) is 11.6 Å². The van der Waals surface area contributed by atoms with Crippen LogP contribution >= 0.6 is 15.9 Å². The smallest absolute Gasteiger partial charge is 0.274 e. The van der Waals surface area contributed by atoms with Crippen LogP contribution < -0.4 is 4.90 Å². The highest BCUT2D eigenvalue weighted by atomic mass is 79.9. The number of amides is 1. The van der Waals surface area contributed by atoms with Crippen LogP contribution in [0.15, 0.2) is 47.1 Å². The fraction of sp³-hybridized carbons (Fsp3) is 0.391. The van der Waals surface area contributed by atoms with Gasteiger partial charge in [-0.2, -0.15) is 5.10 Å². The van der Waals surface area contributed by atoms with Crippen LogP contribution in [-0.2, 0) is 6.42 Å². The molecule has 1 amide bonds. The van der Waals surface area contributed by atoms with Gasteiger partial charge >= 0.3 is 0 Å². The van der Waals surface area contributed by atoms with Crippen molar-refractivity contribution in [3.05, 3.63) is 63.9 Å². The van der Waals surface area contributed by atoms with Gasteiger partial charge in [0.1, 0.15) is 0 Å². The number of halogens is 1. The van der Waals surface area contributed by atoms with E-state index in [1.54, 1.807) is 4.52 Å². The lowest BCUT2D eigenvalue weighted by atomic mass is 9.92. The van der Waals surface area contributed by atoms with Gasteiger partial charge in [-0.3, -0.25) is 4.79 Å². The number of hydrogen-bond donors (Lipinski definition) is 0. The molecule has 6 heteroatoms. The first-order valence-corrected chi connectivity index (χ1v) is 11.2. The minimum absolute atomic E-state index is 0.00588. The lowest BCUT2D eigenvalue weighted by Gasteiger charge is -2.36. The first kappa shape index (κ1) is 18.7. The standard InChI is InChI=1S/C23H25BrN4O/c1-16-21-13-19(26-10-3-2-4-11-26)7-5-17(21)9-12-27(16)23(29)22-14-20-8-6-18(24)15-28(20)25-22/h5-8,13-16H,2-4,9-12H2,1H3. The summed E-state index contributed by atoms with van der Waals surface area (Å²) in [6, 6.07) is 12.7. The summed E-state index contributed by atoms with van der Waals surface area (Å²) in [6.07, 6.45) is 6.63. The van der Waals surface area contributed by atoms with E-state index in [1.807, 2.05) is 29.3 Å². The van der Waals surface area contributed by atoms with Crippen LogP contribution in [0.2, 0.25) is 0 Å². The Morgan fingerprint density at radius 3 is 2.72 bits per heavy atom. The molecule has 1 saturated heterocycles. The van der Waals surface area contributed by atoms with Gasteiger partial charge in [0.2, 0.25) is 0 Å². The maximum Gasteiger partial charge on any atom is 0.274 e. The molecule has 0 bridgehead atoms. The predicted octanol–water partition coefficient (Wildman–Crippen LogP) is 4.85. The largest absolute Gasteiger partial charge is 0.372 e. The monoisotopic (exact) mass is 452 g/mol. The van der Waals surface area contributed by atoms with Crippen molar-refractivity contribution in [2.75, 3.05) is 24.5 Å². The number of anilines is 1. The summed E-state index contributed by atoms with van der Waals surface area (Å²) < 4.78 is 2.70. The highest BCUT2D eigenvalue weighted by molar-refractivity contribution is 9.10. The number of aromatic nitrogens is 2. The molecule has 1 unspecified atom stereocenters. The van der Waals surface area contributed by atoms with Crippen molar-refractivity contribution < 1.29 is 4.79 Å². The molecular formula is C23H25BrN4O. The number of fused-ring (bicyclic) bond motifs is 2. The molecule has 1 fully saturated rings. The summed E-state index contributed by atoms with van der Waals surface area (Å²) in [5, 5.41) is 4.52. The van der Waals surface area contributed by atoms with Gasteiger partial charge in [-0.1, -0.05) is 6.07 Å². The molecule has 2 aliphatic heterocycles. The van der Waals surface area contributed by atoms with Gasteiger partial charge in [-0.25, -0.2) is 4.52 Å². The second kappa shape index (κ2) is 7.48. The van der Waals surface area contributed by atoms with E-state index in [0.29, 0.717) is 5.69 Å². The quantitative estimate of drug-likeness (QED) is 0.557. The Labute approximate surface area is 179 Å². The second-order valence-electron chi connectivity index (χ2n) is 8.10. The van der Waals surface area contributed by atoms with Crippen molar-refractivity contribution in [1.29, 1.82) is 0 Å². The van der Waals surface area contributed by atoms with Crippen molar-refractivity contribution in [3.8, 4) is 0 Å². The van der Waals surface area contributed by atoms with Crippen molar-refractivity contribution in [2.24, 2.45) is 0 Å². The first-order chi connectivity index (χ1) is 14.1. The number of pyridine rings is 1. The molecule has 5 rings (SSSR count). The zero-order chi connectivity index (χ0) is 20.0. The first-order valence-electron chi connectivity index (χ1n) is 10.4. The Morgan fingerprint density at radius 1 is 1.07 bits per heavy atom. The molecule has 0 aliphatic carbocycles. The number of carbonyl (C=O) groups is 1. The topological polar surface area (TPSA) is 40.9 Å². The van der Waals surface area contributed by atoms with Gasteiger partial charge in [0.15, 0.2) is 5.69 Å². The van der Waals surface area contributed by atoms with E-state index in [0.717, 1.165) is 36.0 Å². The Balaban J connectivity index is 1.43. The zero-order valence-corrected chi connectivity index (χ0v) is 18.2. The zero-order valence-electron chi connectivity index (χ0n) is 16.6. The van der Waals surface area contributed by atoms with Crippen LogP contribution in [0.3, 0.4) is 0 Å². The molecule has 29 heavy (non-hydrogen) atoms. The van der Waals surface area contributed by atoms with E-state index in [-0.39, 0.29) is 11.9 Å². The van der Waals surface area contributed by atoms with Gasteiger partial charge in [0, 0.05) is 36.0 Å². The van der Waals surface area contributed by atoms with E-state index in [9.17, 15) is 4.79 Å². The maximum atomic E-state index is 13.3. The molecule has 0 spiro atoms. The third kappa shape index (κ3) is 3.44. The summed E-state index contributed by atoms with van der Waals surface area (Å²) in [7, 11) is 0. The summed E-state index contributed by atoms with van der Waals surface area (Å²) in [4.78, 5) is 17.7. The molecule has 5 nitrogen and oxygen atoms in total. The van der Waals surface area contributed by atoms with Gasteiger partial charge in [-0.05, 0) is 90.0 Å². The Morgan fingerprint density at radius 2 is 1.90 bits per heavy atom. The van der Waals surface area contributed by atoms with E-state index in [2.05, 4.69) is 51.1 Å². The van der Waals surface area contributed by atoms with Crippen molar-refractivity contribution >= 4 is 33.0 Å². The highest BCUT2D eigenvalue weighted by Crippen LogP contribution is 2.34. The molecule has 150 valence electrons. The predicted molar refractivity (Wildman–Crippen MR) is 119 cm³/mol. The molecule has 0 N–H and O–H groups in total. The molecule has 4 heterocycles. The number of rotatable bonds is 2. The Bertz CT molecular complexity index is 1070. The van der Waals surface area contributed by atoms with Crippen molar-refractivity contribution in [1.82, 2.24) is 14.5 Å². The molecule has 2 aromatic heterocycles. The molecule has 0 saturated carbocycles. The van der Waals surface area contributed by atoms with Crippen molar-refractivity contribution in [2.45, 2.75) is 38.6 Å².